The number of hydrogen-bond acceptors (Lipinski definition) is 2. The van der Waals surface area contributed by atoms with Crippen molar-refractivity contribution in [3.05, 3.63) is 47.7 Å². The Kier molecular flexibility index (Phi) is 6.50. The highest BCUT2D eigenvalue weighted by molar-refractivity contribution is 5.39. The molecule has 0 fully saturated rings. The number of nitrogens with one attached hydrogen (secondary N) is 1. The van der Waals surface area contributed by atoms with Crippen molar-refractivity contribution in [3.8, 4) is 0 Å². The molecule has 0 aliphatic heterocycles. The summed E-state index contributed by atoms with van der Waals surface area (Å²) in [6.45, 7) is 8.62. The Morgan fingerprint density at radius 2 is 2.07 bits per heavy atom. The summed E-state index contributed by atoms with van der Waals surface area (Å²) < 4.78 is 0. The summed E-state index contributed by atoms with van der Waals surface area (Å²) in [5, 5.41) is 3.01. The monoisotopic (exact) mass is 192 g/mol. The normalized spacial score (nSPS) is 12.5. The molecule has 2 nitrogen and oxygen atoms in total. The topological polar surface area (TPSA) is 38.0 Å². The fourth-order valence-corrected chi connectivity index (χ4v) is 0.971. The van der Waals surface area contributed by atoms with E-state index in [-0.39, 0.29) is 0 Å². The van der Waals surface area contributed by atoms with Crippen LogP contribution in [0.3, 0.4) is 0 Å². The van der Waals surface area contributed by atoms with Gasteiger partial charge in [-0.15, -0.1) is 0 Å². The van der Waals surface area contributed by atoms with Gasteiger partial charge < -0.3 is 11.1 Å². The third-order valence-corrected chi connectivity index (χ3v) is 1.62. The van der Waals surface area contributed by atoms with Crippen LogP contribution in [-0.2, 0) is 0 Å². The van der Waals surface area contributed by atoms with Crippen molar-refractivity contribution in [2.24, 2.45) is 5.73 Å². The van der Waals surface area contributed by atoms with Gasteiger partial charge in [0.1, 0.15) is 0 Å². The molecule has 0 saturated carbocycles. The first-order valence-corrected chi connectivity index (χ1v) is 4.70. The highest BCUT2D eigenvalue weighted by Crippen LogP contribution is 2.07. The summed E-state index contributed by atoms with van der Waals surface area (Å²) in [5.41, 5.74) is 8.80. The van der Waals surface area contributed by atoms with E-state index in [0.29, 0.717) is 0 Å². The van der Waals surface area contributed by atoms with Gasteiger partial charge in [-0.05, 0) is 32.5 Å². The molecule has 0 spiro atoms. The van der Waals surface area contributed by atoms with E-state index in [1.54, 1.807) is 6.08 Å². The molecule has 3 N–H and O–H groups in total. The average Bonchev–Trinajstić information content (AvgIpc) is 2.14. The zero-order valence-electron chi connectivity index (χ0n) is 9.30. The third-order valence-electron chi connectivity index (χ3n) is 1.62. The van der Waals surface area contributed by atoms with E-state index >= 15 is 0 Å². The van der Waals surface area contributed by atoms with Crippen LogP contribution < -0.4 is 11.1 Å². The van der Waals surface area contributed by atoms with Gasteiger partial charge in [0, 0.05) is 12.2 Å². The predicted octanol–water partition coefficient (Wildman–Crippen LogP) is 2.13. The Labute approximate surface area is 86.9 Å². The van der Waals surface area contributed by atoms with Crippen LogP contribution in [0.4, 0.5) is 0 Å². The number of hydrogen-bond donors (Lipinski definition) is 2. The molecule has 0 rings (SSSR count). The lowest BCUT2D eigenvalue weighted by Crippen LogP contribution is -2.05. The second kappa shape index (κ2) is 7.15. The molecule has 0 aromatic heterocycles. The maximum atomic E-state index is 5.87. The van der Waals surface area contributed by atoms with Crippen molar-refractivity contribution in [3.63, 3.8) is 0 Å². The predicted molar refractivity (Wildman–Crippen MR) is 63.9 cm³/mol. The molecule has 0 aliphatic carbocycles. The Balaban J connectivity index is 4.67. The fraction of sp³-hybridized carbons (Fsp3) is 0.333. The standard InChI is InChI=1S/C12H20N2/c1-5-11(9-10(2)3)12(13)7-6-8-14-4/h5-7,9,14H,1,8,13H2,2-4H3/b7-6+,12-11+. The van der Waals surface area contributed by atoms with Crippen LogP contribution in [-0.4, -0.2) is 13.6 Å². The van der Waals surface area contributed by atoms with Crippen LogP contribution in [0.25, 0.3) is 0 Å². The maximum Gasteiger partial charge on any atom is 0.0384 e. The zero-order chi connectivity index (χ0) is 11.0. The minimum atomic E-state index is 0.747. The third kappa shape index (κ3) is 5.38. The molecule has 0 radical (unpaired) electrons. The van der Waals surface area contributed by atoms with Crippen molar-refractivity contribution in [2.45, 2.75) is 13.8 Å². The van der Waals surface area contributed by atoms with E-state index in [2.05, 4.69) is 11.9 Å². The van der Waals surface area contributed by atoms with Crippen LogP contribution in [0.5, 0.6) is 0 Å². The quantitative estimate of drug-likeness (QED) is 0.655. The molecule has 2 heteroatoms. The van der Waals surface area contributed by atoms with Gasteiger partial charge in [-0.1, -0.05) is 30.4 Å². The molecular weight excluding hydrogens is 172 g/mol. The zero-order valence-corrected chi connectivity index (χ0v) is 9.30. The molecule has 0 aromatic carbocycles. The van der Waals surface area contributed by atoms with Gasteiger partial charge in [0.15, 0.2) is 0 Å². The lowest BCUT2D eigenvalue weighted by molar-refractivity contribution is 0.918. The van der Waals surface area contributed by atoms with Gasteiger partial charge in [0.25, 0.3) is 0 Å². The summed E-state index contributed by atoms with van der Waals surface area (Å²) >= 11 is 0. The Morgan fingerprint density at radius 1 is 1.43 bits per heavy atom. The van der Waals surface area contributed by atoms with Crippen molar-refractivity contribution in [1.82, 2.24) is 5.32 Å². The smallest absolute Gasteiger partial charge is 0.0384 e. The Morgan fingerprint density at radius 3 is 2.50 bits per heavy atom. The first-order valence-electron chi connectivity index (χ1n) is 4.70. The van der Waals surface area contributed by atoms with E-state index in [4.69, 9.17) is 5.73 Å². The number of nitrogens with two attached hydrogens (primary N) is 1. The van der Waals surface area contributed by atoms with E-state index in [9.17, 15) is 0 Å². The minimum Gasteiger partial charge on any atom is -0.398 e. The molecule has 0 aromatic rings. The Bertz CT molecular complexity index is 266. The average molecular weight is 192 g/mol. The van der Waals surface area contributed by atoms with Crippen molar-refractivity contribution >= 4 is 0 Å². The molecule has 0 unspecified atom stereocenters. The number of rotatable bonds is 5. The van der Waals surface area contributed by atoms with Gasteiger partial charge in [-0.3, -0.25) is 0 Å². The molecule has 0 heterocycles. The summed E-state index contributed by atoms with van der Waals surface area (Å²) in [6.07, 6.45) is 7.67. The fourth-order valence-electron chi connectivity index (χ4n) is 0.971. The molecule has 0 aliphatic rings. The van der Waals surface area contributed by atoms with E-state index < -0.39 is 0 Å². The van der Waals surface area contributed by atoms with Gasteiger partial charge in [-0.2, -0.15) is 0 Å². The lowest BCUT2D eigenvalue weighted by atomic mass is 10.1. The number of allylic oxidation sites excluding steroid dienone is 5. The largest absolute Gasteiger partial charge is 0.398 e. The van der Waals surface area contributed by atoms with Gasteiger partial charge in [0.05, 0.1) is 0 Å². The van der Waals surface area contributed by atoms with E-state index in [0.717, 1.165) is 17.8 Å². The van der Waals surface area contributed by atoms with Gasteiger partial charge in [0.2, 0.25) is 0 Å². The molecule has 14 heavy (non-hydrogen) atoms. The van der Waals surface area contributed by atoms with Crippen LogP contribution in [0, 0.1) is 0 Å². The summed E-state index contributed by atoms with van der Waals surface area (Å²) in [6, 6.07) is 0. The molecule has 0 amide bonds. The maximum absolute atomic E-state index is 5.87. The first-order chi connectivity index (χ1) is 6.61. The van der Waals surface area contributed by atoms with Crippen LogP contribution in [0.15, 0.2) is 47.7 Å². The van der Waals surface area contributed by atoms with E-state index in [1.165, 1.54) is 5.57 Å². The lowest BCUT2D eigenvalue weighted by Gasteiger charge is -2.00. The second-order valence-corrected chi connectivity index (χ2v) is 3.30. The van der Waals surface area contributed by atoms with Crippen molar-refractivity contribution in [2.75, 3.05) is 13.6 Å². The van der Waals surface area contributed by atoms with E-state index in [1.807, 2.05) is 39.1 Å². The molecule has 0 atom stereocenters. The highest BCUT2D eigenvalue weighted by atomic mass is 14.8. The Hall–Kier alpha value is -1.28. The molecule has 0 bridgehead atoms. The van der Waals surface area contributed by atoms with Crippen molar-refractivity contribution < 1.29 is 0 Å². The molecular formula is C12H20N2. The highest BCUT2D eigenvalue weighted by Gasteiger charge is 1.92. The SMILES string of the molecule is C=C/C(C=C(C)C)=C(N)/C=C/CNC. The van der Waals surface area contributed by atoms with Gasteiger partial charge >= 0.3 is 0 Å². The number of likely N-dealkylation sites (N-methyl/N-ethyl adjacent to an activating group) is 1. The van der Waals surface area contributed by atoms with Crippen LogP contribution in [0.1, 0.15) is 13.8 Å². The molecule has 0 saturated heterocycles. The van der Waals surface area contributed by atoms with Crippen molar-refractivity contribution in [1.29, 1.82) is 0 Å². The second-order valence-electron chi connectivity index (χ2n) is 3.30. The summed E-state index contributed by atoms with van der Waals surface area (Å²) in [4.78, 5) is 0. The summed E-state index contributed by atoms with van der Waals surface area (Å²) in [7, 11) is 1.90. The van der Waals surface area contributed by atoms with Crippen LogP contribution >= 0.6 is 0 Å². The molecule has 78 valence electrons. The van der Waals surface area contributed by atoms with Crippen LogP contribution in [0.2, 0.25) is 0 Å². The first kappa shape index (κ1) is 12.7. The minimum absolute atomic E-state index is 0.747. The van der Waals surface area contributed by atoms with Gasteiger partial charge in [-0.25, -0.2) is 0 Å². The summed E-state index contributed by atoms with van der Waals surface area (Å²) in [5.74, 6) is 0.